The monoisotopic (exact) mass is 200 g/mol. The Bertz CT molecular complexity index is 328. The van der Waals surface area contributed by atoms with Crippen LogP contribution in [0.1, 0.15) is 17.9 Å². The minimum absolute atomic E-state index is 0.296. The highest BCUT2D eigenvalue weighted by molar-refractivity contribution is 5.07. The van der Waals surface area contributed by atoms with Crippen molar-refractivity contribution < 1.29 is 15.3 Å². The number of nitrogens with two attached hydrogens (primary N) is 1. The van der Waals surface area contributed by atoms with Gasteiger partial charge in [0.05, 0.1) is 18.7 Å². The van der Waals surface area contributed by atoms with Gasteiger partial charge in [-0.2, -0.15) is 0 Å². The maximum Gasteiger partial charge on any atom is 0.152 e. The molecule has 5 N–H and O–H groups in total. The van der Waals surface area contributed by atoms with Crippen LogP contribution in [0.25, 0.3) is 0 Å². The van der Waals surface area contributed by atoms with Gasteiger partial charge < -0.3 is 25.6 Å². The molecule has 1 aliphatic heterocycles. The predicted octanol–water partition coefficient (Wildman–Crippen LogP) is -2.45. The topological polar surface area (TPSA) is 117 Å². The Kier molecular flexibility index (Phi) is 2.23. The summed E-state index contributed by atoms with van der Waals surface area (Å²) in [6, 6.07) is -1.40. The highest BCUT2D eigenvalue weighted by Gasteiger charge is 2.40. The van der Waals surface area contributed by atoms with Crippen LogP contribution in [-0.2, 0) is 0 Å². The Hall–Kier alpha value is -1.02. The van der Waals surface area contributed by atoms with Gasteiger partial charge in [-0.1, -0.05) is 0 Å². The quantitative estimate of drug-likeness (QED) is 0.399. The summed E-state index contributed by atoms with van der Waals surface area (Å²) < 4.78 is 1.49. The molecule has 78 valence electrons. The van der Waals surface area contributed by atoms with E-state index in [2.05, 4.69) is 10.2 Å². The smallest absolute Gasteiger partial charge is 0.152 e. The van der Waals surface area contributed by atoms with Gasteiger partial charge in [0.1, 0.15) is 18.5 Å². The van der Waals surface area contributed by atoms with Crippen molar-refractivity contribution in [2.24, 2.45) is 5.73 Å². The summed E-state index contributed by atoms with van der Waals surface area (Å²) >= 11 is 0. The van der Waals surface area contributed by atoms with Gasteiger partial charge >= 0.3 is 0 Å². The van der Waals surface area contributed by atoms with E-state index in [1.807, 2.05) is 0 Å². The lowest BCUT2D eigenvalue weighted by atomic mass is 9.95. The van der Waals surface area contributed by atoms with Crippen LogP contribution in [0.5, 0.6) is 0 Å². The molecular formula is C7H12N4O3. The molecular weight excluding hydrogens is 188 g/mol. The summed E-state index contributed by atoms with van der Waals surface area (Å²) in [7, 11) is 0. The zero-order valence-electron chi connectivity index (χ0n) is 7.35. The first-order chi connectivity index (χ1) is 6.66. The van der Waals surface area contributed by atoms with Gasteiger partial charge in [-0.3, -0.25) is 0 Å². The Labute approximate surface area is 79.8 Å². The van der Waals surface area contributed by atoms with Gasteiger partial charge in [-0.15, -0.1) is 10.2 Å². The van der Waals surface area contributed by atoms with Crippen molar-refractivity contribution in [3.8, 4) is 0 Å². The molecule has 0 spiro atoms. The van der Waals surface area contributed by atoms with E-state index in [1.54, 1.807) is 0 Å². The van der Waals surface area contributed by atoms with Crippen molar-refractivity contribution >= 4 is 0 Å². The van der Waals surface area contributed by atoms with Crippen LogP contribution in [0.2, 0.25) is 0 Å². The lowest BCUT2D eigenvalue weighted by molar-refractivity contribution is -0.0565. The van der Waals surface area contributed by atoms with Crippen LogP contribution in [0.4, 0.5) is 0 Å². The van der Waals surface area contributed by atoms with Crippen molar-refractivity contribution in [1.29, 1.82) is 0 Å². The average Bonchev–Trinajstić information content (AvgIpc) is 2.64. The Morgan fingerprint density at radius 2 is 2.14 bits per heavy atom. The maximum absolute atomic E-state index is 9.61. The second-order valence-electron chi connectivity index (χ2n) is 3.35. The van der Waals surface area contributed by atoms with E-state index in [4.69, 9.17) is 10.8 Å². The number of fused-ring (bicyclic) bond motifs is 1. The summed E-state index contributed by atoms with van der Waals surface area (Å²) in [6.45, 7) is -0.296. The first kappa shape index (κ1) is 9.53. The van der Waals surface area contributed by atoms with Crippen molar-refractivity contribution in [3.63, 3.8) is 0 Å². The molecule has 7 nitrogen and oxygen atoms in total. The molecule has 0 fully saturated rings. The molecule has 0 saturated carbocycles. The largest absolute Gasteiger partial charge is 0.394 e. The molecule has 0 amide bonds. The lowest BCUT2D eigenvalue weighted by Crippen LogP contribution is -2.48. The summed E-state index contributed by atoms with van der Waals surface area (Å²) in [5.41, 5.74) is 5.63. The molecule has 7 heteroatoms. The van der Waals surface area contributed by atoms with Crippen LogP contribution < -0.4 is 5.73 Å². The van der Waals surface area contributed by atoms with E-state index >= 15 is 0 Å². The minimum Gasteiger partial charge on any atom is -0.394 e. The standard InChI is InChI=1S/C7H12N4O3/c8-4-6(14)5(13)3(1-12)11-2-9-10-7(4)11/h2-6,12-14H,1,8H2/t3-,4+,5-,6-/m1/s1. The number of hydrogen-bond acceptors (Lipinski definition) is 6. The molecule has 0 aliphatic carbocycles. The van der Waals surface area contributed by atoms with E-state index in [1.165, 1.54) is 10.9 Å². The minimum atomic E-state index is -1.12. The van der Waals surface area contributed by atoms with Crippen LogP contribution in [0.3, 0.4) is 0 Å². The molecule has 1 aliphatic rings. The average molecular weight is 200 g/mol. The first-order valence-electron chi connectivity index (χ1n) is 4.28. The van der Waals surface area contributed by atoms with E-state index in [9.17, 15) is 10.2 Å². The summed E-state index contributed by atoms with van der Waals surface area (Å²) in [4.78, 5) is 0. The summed E-state index contributed by atoms with van der Waals surface area (Å²) in [5.74, 6) is 0.377. The Morgan fingerprint density at radius 3 is 2.79 bits per heavy atom. The fourth-order valence-corrected chi connectivity index (χ4v) is 1.70. The summed E-state index contributed by atoms with van der Waals surface area (Å²) in [6.07, 6.45) is -0.840. The molecule has 2 rings (SSSR count). The number of aliphatic hydroxyl groups is 3. The second kappa shape index (κ2) is 3.28. The van der Waals surface area contributed by atoms with E-state index in [0.29, 0.717) is 5.82 Å². The number of rotatable bonds is 1. The Morgan fingerprint density at radius 1 is 1.43 bits per heavy atom. The van der Waals surface area contributed by atoms with E-state index in [0.717, 1.165) is 0 Å². The van der Waals surface area contributed by atoms with Crippen LogP contribution in [0, 0.1) is 0 Å². The molecule has 0 bridgehead atoms. The highest BCUT2D eigenvalue weighted by Crippen LogP contribution is 2.28. The number of hydrogen-bond donors (Lipinski definition) is 4. The van der Waals surface area contributed by atoms with Crippen LogP contribution >= 0.6 is 0 Å². The highest BCUT2D eigenvalue weighted by atomic mass is 16.3. The molecule has 1 aromatic rings. The Balaban J connectivity index is 2.44. The van der Waals surface area contributed by atoms with Crippen molar-refractivity contribution in [2.45, 2.75) is 24.3 Å². The first-order valence-corrected chi connectivity index (χ1v) is 4.28. The second-order valence-corrected chi connectivity index (χ2v) is 3.35. The maximum atomic E-state index is 9.61. The molecule has 0 radical (unpaired) electrons. The number of aliphatic hydroxyl groups excluding tert-OH is 3. The fraction of sp³-hybridized carbons (Fsp3) is 0.714. The SMILES string of the molecule is N[C@@H]1c2nncn2[C@H](CO)[C@@H](O)[C@@H]1O. The number of aromatic nitrogens is 3. The normalized spacial score (nSPS) is 36.9. The zero-order chi connectivity index (χ0) is 10.3. The molecule has 14 heavy (non-hydrogen) atoms. The lowest BCUT2D eigenvalue weighted by Gasteiger charge is -2.35. The third kappa shape index (κ3) is 1.14. The van der Waals surface area contributed by atoms with E-state index in [-0.39, 0.29) is 6.61 Å². The van der Waals surface area contributed by atoms with Gasteiger partial charge in [0, 0.05) is 0 Å². The van der Waals surface area contributed by atoms with Crippen molar-refractivity contribution in [3.05, 3.63) is 12.2 Å². The summed E-state index contributed by atoms with van der Waals surface area (Å²) in [5, 5.41) is 35.5. The van der Waals surface area contributed by atoms with Crippen molar-refractivity contribution in [1.82, 2.24) is 14.8 Å². The molecule has 0 aromatic carbocycles. The van der Waals surface area contributed by atoms with Gasteiger partial charge in [0.15, 0.2) is 5.82 Å². The molecule has 1 aromatic heterocycles. The molecule has 0 unspecified atom stereocenters. The van der Waals surface area contributed by atoms with Crippen LogP contribution in [0.15, 0.2) is 6.33 Å². The van der Waals surface area contributed by atoms with E-state index < -0.39 is 24.3 Å². The van der Waals surface area contributed by atoms with Crippen molar-refractivity contribution in [2.75, 3.05) is 6.61 Å². The van der Waals surface area contributed by atoms with Gasteiger partial charge in [0.25, 0.3) is 0 Å². The number of nitrogens with zero attached hydrogens (tertiary/aromatic N) is 3. The third-order valence-electron chi connectivity index (χ3n) is 2.56. The molecule has 4 atom stereocenters. The third-order valence-corrected chi connectivity index (χ3v) is 2.56. The van der Waals surface area contributed by atoms with Gasteiger partial charge in [-0.25, -0.2) is 0 Å². The van der Waals surface area contributed by atoms with Crippen LogP contribution in [-0.4, -0.2) is 48.9 Å². The van der Waals surface area contributed by atoms with Gasteiger partial charge in [-0.05, 0) is 0 Å². The predicted molar refractivity (Wildman–Crippen MR) is 45.1 cm³/mol. The fourth-order valence-electron chi connectivity index (χ4n) is 1.70. The molecule has 2 heterocycles. The van der Waals surface area contributed by atoms with Gasteiger partial charge in [0.2, 0.25) is 0 Å². The molecule has 0 saturated heterocycles. The zero-order valence-corrected chi connectivity index (χ0v) is 7.35.